The number of amides is 1. The van der Waals surface area contributed by atoms with Gasteiger partial charge in [0.1, 0.15) is 5.01 Å². The number of rotatable bonds is 4. The Morgan fingerprint density at radius 2 is 1.88 bits per heavy atom. The zero-order valence-corrected chi connectivity index (χ0v) is 18.1. The lowest BCUT2D eigenvalue weighted by Crippen LogP contribution is -2.14. The smallest absolute Gasteiger partial charge is 0.264 e. The van der Waals surface area contributed by atoms with Gasteiger partial charge in [0.25, 0.3) is 11.5 Å². The molecule has 0 radical (unpaired) electrons. The molecule has 5 aromatic rings. The largest absolute Gasteiger partial charge is 0.322 e. The van der Waals surface area contributed by atoms with E-state index in [0.29, 0.717) is 22.8 Å². The normalized spacial score (nSPS) is 11.1. The lowest BCUT2D eigenvalue weighted by Gasteiger charge is -2.06. The van der Waals surface area contributed by atoms with E-state index in [2.05, 4.69) is 39.7 Å². The number of aryl methyl sites for hydroxylation is 1. The van der Waals surface area contributed by atoms with Gasteiger partial charge in [0.2, 0.25) is 0 Å². The van der Waals surface area contributed by atoms with E-state index in [9.17, 15) is 9.59 Å². The van der Waals surface area contributed by atoms with Crippen LogP contribution in [0.4, 0.5) is 5.69 Å². The summed E-state index contributed by atoms with van der Waals surface area (Å²) in [5, 5.41) is 14.4. The molecule has 0 aliphatic carbocycles. The molecule has 0 saturated carbocycles. The van der Waals surface area contributed by atoms with Gasteiger partial charge in [-0.1, -0.05) is 6.07 Å². The fraction of sp³-hybridized carbons (Fsp3) is 0.0870. The molecule has 5 rings (SSSR count). The Morgan fingerprint density at radius 1 is 1.06 bits per heavy atom. The second kappa shape index (κ2) is 7.86. The number of fused-ring (bicyclic) bond motifs is 1. The van der Waals surface area contributed by atoms with Crippen LogP contribution in [0.5, 0.6) is 0 Å². The van der Waals surface area contributed by atoms with Crippen LogP contribution in [0.25, 0.3) is 26.6 Å². The number of aromatic nitrogens is 5. The van der Waals surface area contributed by atoms with E-state index in [-0.39, 0.29) is 11.5 Å². The maximum absolute atomic E-state index is 12.8. The zero-order valence-electron chi connectivity index (χ0n) is 17.3. The summed E-state index contributed by atoms with van der Waals surface area (Å²) in [5.41, 5.74) is 4.59. The summed E-state index contributed by atoms with van der Waals surface area (Å²) < 4.78 is 2.66. The molecule has 0 saturated heterocycles. The predicted molar refractivity (Wildman–Crippen MR) is 124 cm³/mol. The van der Waals surface area contributed by atoms with Gasteiger partial charge in [-0.3, -0.25) is 9.59 Å². The third-order valence-corrected chi connectivity index (χ3v) is 6.14. The zero-order chi connectivity index (χ0) is 22.2. The summed E-state index contributed by atoms with van der Waals surface area (Å²) in [6, 6.07) is 16.7. The maximum Gasteiger partial charge on any atom is 0.264 e. The minimum absolute atomic E-state index is 0.276. The highest BCUT2D eigenvalue weighted by Gasteiger charge is 2.16. The highest BCUT2D eigenvalue weighted by Crippen LogP contribution is 2.31. The standard InChI is InChI=1S/C23H18N6O2S/c1-13-3-8-18-19(11-13)32-23(26-18)15-4-6-16(7-5-15)25-22(31)17-12-24-29(14(17)2)20-9-10-21(30)28-27-20/h3-12H,1-2H3,(H,25,31)(H,28,30). The molecule has 3 aromatic heterocycles. The minimum Gasteiger partial charge on any atom is -0.322 e. The second-order valence-corrected chi connectivity index (χ2v) is 8.39. The van der Waals surface area contributed by atoms with Gasteiger partial charge in [-0.25, -0.2) is 14.8 Å². The van der Waals surface area contributed by atoms with Crippen molar-refractivity contribution in [3.63, 3.8) is 0 Å². The molecule has 0 aliphatic heterocycles. The summed E-state index contributed by atoms with van der Waals surface area (Å²) in [6.45, 7) is 3.84. The van der Waals surface area contributed by atoms with E-state index in [0.717, 1.165) is 20.8 Å². The van der Waals surface area contributed by atoms with E-state index in [1.54, 1.807) is 24.3 Å². The van der Waals surface area contributed by atoms with Gasteiger partial charge in [0.15, 0.2) is 5.82 Å². The molecule has 0 bridgehead atoms. The van der Waals surface area contributed by atoms with Crippen LogP contribution in [-0.2, 0) is 0 Å². The number of H-pyrrole nitrogens is 1. The fourth-order valence-electron chi connectivity index (χ4n) is 3.37. The average molecular weight is 443 g/mol. The average Bonchev–Trinajstić information content (AvgIpc) is 3.38. The minimum atomic E-state index is -0.305. The molecule has 2 N–H and O–H groups in total. The van der Waals surface area contributed by atoms with Gasteiger partial charge in [0, 0.05) is 17.3 Å². The van der Waals surface area contributed by atoms with Crippen LogP contribution in [0.1, 0.15) is 21.6 Å². The summed E-state index contributed by atoms with van der Waals surface area (Å²) in [4.78, 5) is 28.7. The molecule has 0 aliphatic rings. The van der Waals surface area contributed by atoms with Crippen LogP contribution < -0.4 is 10.9 Å². The lowest BCUT2D eigenvalue weighted by molar-refractivity contribution is 0.102. The van der Waals surface area contributed by atoms with Crippen molar-refractivity contribution in [2.45, 2.75) is 13.8 Å². The summed E-state index contributed by atoms with van der Waals surface area (Å²) in [5.74, 6) is 0.151. The van der Waals surface area contributed by atoms with Gasteiger partial charge in [-0.05, 0) is 61.9 Å². The number of hydrogen-bond donors (Lipinski definition) is 2. The van der Waals surface area contributed by atoms with Crippen LogP contribution in [0.2, 0.25) is 0 Å². The SMILES string of the molecule is Cc1ccc2nc(-c3ccc(NC(=O)c4cnn(-c5ccc(=O)[nH]n5)c4C)cc3)sc2c1. The molecule has 0 unspecified atom stereocenters. The topological polar surface area (TPSA) is 106 Å². The van der Waals surface area contributed by atoms with E-state index >= 15 is 0 Å². The Morgan fingerprint density at radius 3 is 2.62 bits per heavy atom. The van der Waals surface area contributed by atoms with Crippen molar-refractivity contribution in [1.82, 2.24) is 25.0 Å². The van der Waals surface area contributed by atoms with Crippen molar-refractivity contribution in [2.24, 2.45) is 0 Å². The van der Waals surface area contributed by atoms with Crippen LogP contribution in [0, 0.1) is 13.8 Å². The predicted octanol–water partition coefficient (Wildman–Crippen LogP) is 4.10. The van der Waals surface area contributed by atoms with Gasteiger partial charge in [0.05, 0.1) is 27.7 Å². The van der Waals surface area contributed by atoms with Crippen molar-refractivity contribution in [3.05, 3.63) is 88.0 Å². The third kappa shape index (κ3) is 3.69. The van der Waals surface area contributed by atoms with E-state index in [1.807, 2.05) is 30.3 Å². The van der Waals surface area contributed by atoms with Crippen LogP contribution in [-0.4, -0.2) is 30.9 Å². The van der Waals surface area contributed by atoms with E-state index < -0.39 is 0 Å². The number of nitrogens with zero attached hydrogens (tertiary/aromatic N) is 4. The van der Waals surface area contributed by atoms with Crippen molar-refractivity contribution in [3.8, 4) is 16.4 Å². The van der Waals surface area contributed by atoms with Gasteiger partial charge in [-0.2, -0.15) is 10.2 Å². The number of nitrogens with one attached hydrogen (secondary N) is 2. The van der Waals surface area contributed by atoms with Gasteiger partial charge >= 0.3 is 0 Å². The molecule has 32 heavy (non-hydrogen) atoms. The maximum atomic E-state index is 12.8. The molecule has 2 aromatic carbocycles. The molecule has 158 valence electrons. The number of carbonyl (C=O) groups excluding carboxylic acids is 1. The number of thiazole rings is 1. The van der Waals surface area contributed by atoms with Crippen molar-refractivity contribution in [2.75, 3.05) is 5.32 Å². The first-order chi connectivity index (χ1) is 15.5. The monoisotopic (exact) mass is 442 g/mol. The fourth-order valence-corrected chi connectivity index (χ4v) is 4.44. The molecule has 8 nitrogen and oxygen atoms in total. The molecular weight excluding hydrogens is 424 g/mol. The highest BCUT2D eigenvalue weighted by molar-refractivity contribution is 7.21. The van der Waals surface area contributed by atoms with Crippen molar-refractivity contribution >= 4 is 33.1 Å². The molecule has 3 heterocycles. The summed E-state index contributed by atoms with van der Waals surface area (Å²) >= 11 is 1.65. The first-order valence-electron chi connectivity index (χ1n) is 9.88. The number of aromatic amines is 1. The van der Waals surface area contributed by atoms with Crippen LogP contribution in [0.3, 0.4) is 0 Å². The van der Waals surface area contributed by atoms with Crippen molar-refractivity contribution in [1.29, 1.82) is 0 Å². The molecule has 9 heteroatoms. The summed E-state index contributed by atoms with van der Waals surface area (Å²) in [7, 11) is 0. The Kier molecular flexibility index (Phi) is 4.87. The highest BCUT2D eigenvalue weighted by atomic mass is 32.1. The summed E-state index contributed by atoms with van der Waals surface area (Å²) in [6.07, 6.45) is 1.48. The Labute approximate surface area is 186 Å². The molecule has 0 spiro atoms. The number of carbonyl (C=O) groups is 1. The van der Waals surface area contributed by atoms with Gasteiger partial charge < -0.3 is 5.32 Å². The number of anilines is 1. The Balaban J connectivity index is 1.35. The second-order valence-electron chi connectivity index (χ2n) is 7.36. The van der Waals surface area contributed by atoms with Crippen LogP contribution >= 0.6 is 11.3 Å². The van der Waals surface area contributed by atoms with E-state index in [4.69, 9.17) is 4.98 Å². The first kappa shape index (κ1) is 19.8. The number of hydrogen-bond acceptors (Lipinski definition) is 6. The number of benzene rings is 2. The molecule has 0 atom stereocenters. The molecular formula is C23H18N6O2S. The lowest BCUT2D eigenvalue weighted by atomic mass is 10.2. The van der Waals surface area contributed by atoms with Crippen LogP contribution in [0.15, 0.2) is 65.6 Å². The van der Waals surface area contributed by atoms with Gasteiger partial charge in [-0.15, -0.1) is 11.3 Å². The Hall–Kier alpha value is -4.11. The van der Waals surface area contributed by atoms with E-state index in [1.165, 1.54) is 22.5 Å². The quantitative estimate of drug-likeness (QED) is 0.436. The third-order valence-electron chi connectivity index (χ3n) is 5.07. The van der Waals surface area contributed by atoms with Crippen molar-refractivity contribution < 1.29 is 4.79 Å². The first-order valence-corrected chi connectivity index (χ1v) is 10.7. The molecule has 1 amide bonds. The Bertz CT molecular complexity index is 1490. The molecule has 0 fully saturated rings.